The third-order valence-electron chi connectivity index (χ3n) is 2.93. The molecule has 4 nitrogen and oxygen atoms in total. The Bertz CT molecular complexity index is 502. The van der Waals surface area contributed by atoms with Crippen LogP contribution in [0.1, 0.15) is 25.2 Å². The van der Waals surface area contributed by atoms with Crippen molar-refractivity contribution in [3.05, 3.63) is 48.0 Å². The molecular weight excluding hydrogens is 238 g/mol. The molecule has 0 spiro atoms. The van der Waals surface area contributed by atoms with Gasteiger partial charge in [0.05, 0.1) is 0 Å². The van der Waals surface area contributed by atoms with Crippen molar-refractivity contribution in [1.82, 2.24) is 14.9 Å². The molecule has 1 N–H and O–H groups in total. The molecule has 1 heterocycles. The van der Waals surface area contributed by atoms with Crippen molar-refractivity contribution in [2.75, 3.05) is 0 Å². The summed E-state index contributed by atoms with van der Waals surface area (Å²) in [5, 5.41) is 3.39. The molecule has 0 aliphatic rings. The number of aromatic nitrogens is 2. The third-order valence-corrected chi connectivity index (χ3v) is 2.93. The van der Waals surface area contributed by atoms with Crippen molar-refractivity contribution in [3.63, 3.8) is 0 Å². The van der Waals surface area contributed by atoms with Crippen molar-refractivity contribution in [3.8, 4) is 5.75 Å². The zero-order valence-corrected chi connectivity index (χ0v) is 11.8. The lowest BCUT2D eigenvalue weighted by Gasteiger charge is -2.09. The number of nitrogens with zero attached hydrogens (tertiary/aromatic N) is 2. The summed E-state index contributed by atoms with van der Waals surface area (Å²) in [5.41, 5.74) is 1.26. The summed E-state index contributed by atoms with van der Waals surface area (Å²) in [7, 11) is 1.96. The van der Waals surface area contributed by atoms with E-state index in [4.69, 9.17) is 4.74 Å². The van der Waals surface area contributed by atoms with Crippen LogP contribution in [0.15, 0.2) is 36.7 Å². The minimum absolute atomic E-state index is 0.493. The van der Waals surface area contributed by atoms with Crippen LogP contribution in [0.5, 0.6) is 5.75 Å². The topological polar surface area (TPSA) is 39.1 Å². The number of benzene rings is 1. The van der Waals surface area contributed by atoms with E-state index in [0.29, 0.717) is 12.6 Å². The van der Waals surface area contributed by atoms with E-state index >= 15 is 0 Å². The largest absolute Gasteiger partial charge is 0.486 e. The number of nitrogens with one attached hydrogen (secondary N) is 1. The van der Waals surface area contributed by atoms with Crippen LogP contribution in [0.2, 0.25) is 0 Å². The minimum atomic E-state index is 0.493. The predicted molar refractivity (Wildman–Crippen MR) is 76.0 cm³/mol. The highest BCUT2D eigenvalue weighted by molar-refractivity contribution is 5.27. The fourth-order valence-corrected chi connectivity index (χ4v) is 1.71. The molecule has 0 saturated carbocycles. The first-order valence-electron chi connectivity index (χ1n) is 6.56. The normalized spacial score (nSPS) is 10.9. The maximum absolute atomic E-state index is 5.71. The molecule has 0 bridgehead atoms. The molecule has 0 radical (unpaired) electrons. The highest BCUT2D eigenvalue weighted by atomic mass is 16.5. The monoisotopic (exact) mass is 259 g/mol. The van der Waals surface area contributed by atoms with Gasteiger partial charge in [0.25, 0.3) is 0 Å². The van der Waals surface area contributed by atoms with Crippen molar-refractivity contribution in [2.24, 2.45) is 7.05 Å². The second kappa shape index (κ2) is 6.38. The Labute approximate surface area is 114 Å². The first kappa shape index (κ1) is 13.6. The average molecular weight is 259 g/mol. The summed E-state index contributed by atoms with van der Waals surface area (Å²) in [6, 6.07) is 8.67. The Kier molecular flexibility index (Phi) is 4.58. The molecule has 19 heavy (non-hydrogen) atoms. The lowest BCUT2D eigenvalue weighted by atomic mass is 10.2. The Morgan fingerprint density at radius 1 is 1.26 bits per heavy atom. The van der Waals surface area contributed by atoms with Crippen LogP contribution in [0.4, 0.5) is 0 Å². The highest BCUT2D eigenvalue weighted by Gasteiger charge is 2.01. The molecular formula is C15H21N3O. The molecule has 2 rings (SSSR count). The molecule has 0 aliphatic heterocycles. The van der Waals surface area contributed by atoms with Gasteiger partial charge in [-0.25, -0.2) is 4.98 Å². The predicted octanol–water partition coefficient (Wildman–Crippen LogP) is 2.50. The van der Waals surface area contributed by atoms with Crippen molar-refractivity contribution >= 4 is 0 Å². The zero-order chi connectivity index (χ0) is 13.7. The molecule has 2 aromatic rings. The van der Waals surface area contributed by atoms with E-state index in [-0.39, 0.29) is 0 Å². The summed E-state index contributed by atoms with van der Waals surface area (Å²) in [4.78, 5) is 4.23. The molecule has 0 unspecified atom stereocenters. The van der Waals surface area contributed by atoms with Gasteiger partial charge in [-0.15, -0.1) is 0 Å². The third kappa shape index (κ3) is 4.10. The molecule has 4 heteroatoms. The van der Waals surface area contributed by atoms with Gasteiger partial charge in [-0.05, 0) is 17.7 Å². The number of aryl methyl sites for hydroxylation is 1. The summed E-state index contributed by atoms with van der Waals surface area (Å²) in [6.45, 7) is 5.67. The van der Waals surface area contributed by atoms with E-state index < -0.39 is 0 Å². The van der Waals surface area contributed by atoms with Gasteiger partial charge in [0.1, 0.15) is 18.2 Å². The van der Waals surface area contributed by atoms with Crippen LogP contribution in [-0.4, -0.2) is 15.6 Å². The van der Waals surface area contributed by atoms with Crippen LogP contribution in [-0.2, 0) is 20.2 Å². The maximum Gasteiger partial charge on any atom is 0.146 e. The fraction of sp³-hybridized carbons (Fsp3) is 0.400. The SMILES string of the molecule is CC(C)NCc1ccc(OCc2nccn2C)cc1. The Morgan fingerprint density at radius 3 is 2.58 bits per heavy atom. The number of imidazole rings is 1. The molecule has 0 atom stereocenters. The van der Waals surface area contributed by atoms with Crippen LogP contribution < -0.4 is 10.1 Å². The first-order valence-corrected chi connectivity index (χ1v) is 6.56. The van der Waals surface area contributed by atoms with Gasteiger partial charge in [-0.3, -0.25) is 0 Å². The molecule has 1 aromatic heterocycles. The van der Waals surface area contributed by atoms with Crippen LogP contribution >= 0.6 is 0 Å². The average Bonchev–Trinajstić information content (AvgIpc) is 2.81. The lowest BCUT2D eigenvalue weighted by molar-refractivity contribution is 0.291. The Morgan fingerprint density at radius 2 is 2.00 bits per heavy atom. The van der Waals surface area contributed by atoms with E-state index in [1.54, 1.807) is 6.20 Å². The quantitative estimate of drug-likeness (QED) is 0.866. The number of rotatable bonds is 6. The van der Waals surface area contributed by atoms with Gasteiger partial charge in [0.2, 0.25) is 0 Å². The van der Waals surface area contributed by atoms with Crippen LogP contribution in [0.25, 0.3) is 0 Å². The van der Waals surface area contributed by atoms with Crippen molar-refractivity contribution < 1.29 is 4.74 Å². The minimum Gasteiger partial charge on any atom is -0.486 e. The Hall–Kier alpha value is -1.81. The second-order valence-corrected chi connectivity index (χ2v) is 4.92. The fourth-order valence-electron chi connectivity index (χ4n) is 1.71. The molecule has 102 valence electrons. The zero-order valence-electron chi connectivity index (χ0n) is 11.8. The van der Waals surface area contributed by atoms with Crippen LogP contribution in [0.3, 0.4) is 0 Å². The summed E-state index contributed by atoms with van der Waals surface area (Å²) in [6.07, 6.45) is 3.69. The smallest absolute Gasteiger partial charge is 0.146 e. The van der Waals surface area contributed by atoms with E-state index in [0.717, 1.165) is 18.1 Å². The Balaban J connectivity index is 1.86. The molecule has 0 fully saturated rings. The second-order valence-electron chi connectivity index (χ2n) is 4.92. The molecule has 0 aliphatic carbocycles. The van der Waals surface area contributed by atoms with Gasteiger partial charge >= 0.3 is 0 Å². The van der Waals surface area contributed by atoms with Gasteiger partial charge in [-0.2, -0.15) is 0 Å². The molecule has 0 amide bonds. The molecule has 0 saturated heterocycles. The van der Waals surface area contributed by atoms with Gasteiger partial charge in [0.15, 0.2) is 0 Å². The highest BCUT2D eigenvalue weighted by Crippen LogP contribution is 2.13. The van der Waals surface area contributed by atoms with Crippen LogP contribution in [0, 0.1) is 0 Å². The maximum atomic E-state index is 5.71. The van der Waals surface area contributed by atoms with E-state index in [1.165, 1.54) is 5.56 Å². The lowest BCUT2D eigenvalue weighted by Crippen LogP contribution is -2.21. The number of hydrogen-bond acceptors (Lipinski definition) is 3. The number of ether oxygens (including phenoxy) is 1. The first-order chi connectivity index (χ1) is 9.15. The van der Waals surface area contributed by atoms with Crippen molar-refractivity contribution in [1.29, 1.82) is 0 Å². The van der Waals surface area contributed by atoms with Gasteiger partial charge in [0, 0.05) is 32.0 Å². The standard InChI is InChI=1S/C15H21N3O/c1-12(2)17-10-13-4-6-14(7-5-13)19-11-15-16-8-9-18(15)3/h4-9,12,17H,10-11H2,1-3H3. The summed E-state index contributed by atoms with van der Waals surface area (Å²) in [5.74, 6) is 1.79. The summed E-state index contributed by atoms with van der Waals surface area (Å²) >= 11 is 0. The van der Waals surface area contributed by atoms with Gasteiger partial charge < -0.3 is 14.6 Å². The van der Waals surface area contributed by atoms with E-state index in [9.17, 15) is 0 Å². The van der Waals surface area contributed by atoms with E-state index in [2.05, 4.69) is 36.3 Å². The van der Waals surface area contributed by atoms with Crippen molar-refractivity contribution in [2.45, 2.75) is 33.0 Å². The molecule has 1 aromatic carbocycles. The van der Waals surface area contributed by atoms with Gasteiger partial charge in [-0.1, -0.05) is 26.0 Å². The number of hydrogen-bond donors (Lipinski definition) is 1. The van der Waals surface area contributed by atoms with E-state index in [1.807, 2.05) is 29.9 Å². The summed E-state index contributed by atoms with van der Waals surface area (Å²) < 4.78 is 7.67.